The van der Waals surface area contributed by atoms with E-state index in [2.05, 4.69) is 21.9 Å². The summed E-state index contributed by atoms with van der Waals surface area (Å²) >= 11 is 0. The van der Waals surface area contributed by atoms with Crippen LogP contribution in [0.3, 0.4) is 0 Å². The summed E-state index contributed by atoms with van der Waals surface area (Å²) in [5.74, 6) is 0.960. The molecule has 0 aliphatic carbocycles. The smallest absolute Gasteiger partial charge is 0.103 e. The summed E-state index contributed by atoms with van der Waals surface area (Å²) in [7, 11) is 0. The van der Waals surface area contributed by atoms with Crippen LogP contribution in [0.2, 0.25) is 0 Å². The van der Waals surface area contributed by atoms with E-state index in [0.29, 0.717) is 0 Å². The first kappa shape index (κ1) is 9.00. The lowest BCUT2D eigenvalue weighted by molar-refractivity contribution is 0.726. The molecule has 0 unspecified atom stereocenters. The molecule has 66 valence electrons. The van der Waals surface area contributed by atoms with Crippen LogP contribution in [0.5, 0.6) is 0 Å². The van der Waals surface area contributed by atoms with Crippen molar-refractivity contribution in [2.45, 2.75) is 20.4 Å². The van der Waals surface area contributed by atoms with Crippen molar-refractivity contribution in [1.29, 1.82) is 0 Å². The Labute approximate surface area is 72.9 Å². The van der Waals surface area contributed by atoms with Gasteiger partial charge in [-0.1, -0.05) is 12.2 Å². The molecule has 1 rings (SSSR count). The molecule has 0 saturated carbocycles. The van der Waals surface area contributed by atoms with Crippen molar-refractivity contribution in [2.24, 2.45) is 0 Å². The number of nitrogens with zero attached hydrogens (tertiary/aromatic N) is 1. The molecule has 12 heavy (non-hydrogen) atoms. The Bertz CT molecular complexity index is 262. The fourth-order valence-corrected chi connectivity index (χ4v) is 0.972. The van der Waals surface area contributed by atoms with Crippen LogP contribution < -0.4 is 5.32 Å². The number of nitrogens with one attached hydrogen (secondary N) is 2. The number of aromatic nitrogens is 2. The van der Waals surface area contributed by atoms with E-state index in [-0.39, 0.29) is 0 Å². The standard InChI is InChI=1S/C9H15N3/c1-7(2)4-10-5-9-6-11-8(3)12-9/h6,10H,1,4-5H2,2-3H3,(H,11,12). The Balaban J connectivity index is 2.29. The predicted octanol–water partition coefficient (Wildman–Crippen LogP) is 1.38. The maximum atomic E-state index is 4.10. The van der Waals surface area contributed by atoms with Crippen LogP contribution in [0.4, 0.5) is 0 Å². The largest absolute Gasteiger partial charge is 0.345 e. The van der Waals surface area contributed by atoms with Crippen LogP contribution in [-0.4, -0.2) is 16.5 Å². The zero-order chi connectivity index (χ0) is 8.97. The van der Waals surface area contributed by atoms with Crippen molar-refractivity contribution in [2.75, 3.05) is 6.54 Å². The van der Waals surface area contributed by atoms with Gasteiger partial charge in [-0.2, -0.15) is 0 Å². The summed E-state index contributed by atoms with van der Waals surface area (Å²) in [6.45, 7) is 9.44. The van der Waals surface area contributed by atoms with Crippen molar-refractivity contribution in [3.63, 3.8) is 0 Å². The van der Waals surface area contributed by atoms with E-state index in [1.165, 1.54) is 0 Å². The van der Waals surface area contributed by atoms with E-state index >= 15 is 0 Å². The third-order valence-electron chi connectivity index (χ3n) is 1.50. The summed E-state index contributed by atoms with van der Waals surface area (Å²) in [6.07, 6.45) is 1.85. The van der Waals surface area contributed by atoms with Crippen LogP contribution in [0.1, 0.15) is 18.4 Å². The Kier molecular flexibility index (Phi) is 3.05. The molecule has 1 aromatic rings. The molecule has 3 nitrogen and oxygen atoms in total. The van der Waals surface area contributed by atoms with Gasteiger partial charge in [0.2, 0.25) is 0 Å². The van der Waals surface area contributed by atoms with Gasteiger partial charge in [0.1, 0.15) is 5.82 Å². The van der Waals surface area contributed by atoms with Crippen LogP contribution in [0.25, 0.3) is 0 Å². The highest BCUT2D eigenvalue weighted by Crippen LogP contribution is 1.94. The first-order chi connectivity index (χ1) is 5.68. The van der Waals surface area contributed by atoms with Crippen molar-refractivity contribution in [3.05, 3.63) is 29.9 Å². The number of aryl methyl sites for hydroxylation is 1. The molecule has 1 heterocycles. The molecule has 0 aliphatic rings. The summed E-state index contributed by atoms with van der Waals surface area (Å²) in [5, 5.41) is 3.24. The zero-order valence-electron chi connectivity index (χ0n) is 7.65. The Morgan fingerprint density at radius 3 is 3.00 bits per heavy atom. The van der Waals surface area contributed by atoms with Crippen molar-refractivity contribution in [3.8, 4) is 0 Å². The highest BCUT2D eigenvalue weighted by atomic mass is 15.0. The second-order valence-electron chi connectivity index (χ2n) is 3.05. The number of imidazole rings is 1. The van der Waals surface area contributed by atoms with E-state index in [9.17, 15) is 0 Å². The third kappa shape index (κ3) is 2.88. The van der Waals surface area contributed by atoms with Crippen molar-refractivity contribution in [1.82, 2.24) is 15.3 Å². The topological polar surface area (TPSA) is 40.7 Å². The Morgan fingerprint density at radius 1 is 1.75 bits per heavy atom. The molecule has 0 aliphatic heterocycles. The quantitative estimate of drug-likeness (QED) is 0.662. The van der Waals surface area contributed by atoms with Crippen LogP contribution in [0.15, 0.2) is 18.3 Å². The third-order valence-corrected chi connectivity index (χ3v) is 1.50. The van der Waals surface area contributed by atoms with E-state index in [1.807, 2.05) is 20.0 Å². The van der Waals surface area contributed by atoms with Crippen LogP contribution >= 0.6 is 0 Å². The second kappa shape index (κ2) is 4.07. The van der Waals surface area contributed by atoms with Gasteiger partial charge >= 0.3 is 0 Å². The van der Waals surface area contributed by atoms with E-state index < -0.39 is 0 Å². The molecule has 0 bridgehead atoms. The summed E-state index contributed by atoms with van der Waals surface area (Å²) in [4.78, 5) is 7.24. The lowest BCUT2D eigenvalue weighted by Crippen LogP contribution is -2.15. The minimum atomic E-state index is 0.827. The molecule has 0 spiro atoms. The molecule has 0 amide bonds. The SMILES string of the molecule is C=C(C)CNCc1cnc(C)[nH]1. The summed E-state index contributed by atoms with van der Waals surface area (Å²) < 4.78 is 0. The van der Waals surface area contributed by atoms with E-state index in [0.717, 1.165) is 30.2 Å². The zero-order valence-corrected chi connectivity index (χ0v) is 7.65. The van der Waals surface area contributed by atoms with Crippen molar-refractivity contribution < 1.29 is 0 Å². The van der Waals surface area contributed by atoms with Gasteiger partial charge in [-0.15, -0.1) is 0 Å². The molecule has 1 aromatic heterocycles. The number of rotatable bonds is 4. The molecular formula is C9H15N3. The van der Waals surface area contributed by atoms with E-state index in [1.54, 1.807) is 0 Å². The average molecular weight is 165 g/mol. The number of aromatic amines is 1. The first-order valence-corrected chi connectivity index (χ1v) is 4.04. The molecule has 0 saturated heterocycles. The van der Waals surface area contributed by atoms with Gasteiger partial charge in [-0.05, 0) is 13.8 Å². The highest BCUT2D eigenvalue weighted by molar-refractivity contribution is 5.00. The lowest BCUT2D eigenvalue weighted by Gasteiger charge is -2.00. The normalized spacial score (nSPS) is 10.2. The Morgan fingerprint density at radius 2 is 2.50 bits per heavy atom. The maximum absolute atomic E-state index is 4.10. The monoisotopic (exact) mass is 165 g/mol. The van der Waals surface area contributed by atoms with Gasteiger partial charge in [-0.25, -0.2) is 4.98 Å². The van der Waals surface area contributed by atoms with Crippen molar-refractivity contribution >= 4 is 0 Å². The molecule has 0 atom stereocenters. The molecule has 0 aromatic carbocycles. The molecule has 3 heteroatoms. The minimum Gasteiger partial charge on any atom is -0.345 e. The number of H-pyrrole nitrogens is 1. The fraction of sp³-hybridized carbons (Fsp3) is 0.444. The van der Waals surface area contributed by atoms with E-state index in [4.69, 9.17) is 0 Å². The minimum absolute atomic E-state index is 0.827. The molecular weight excluding hydrogens is 150 g/mol. The predicted molar refractivity (Wildman–Crippen MR) is 49.8 cm³/mol. The number of hydrogen-bond donors (Lipinski definition) is 2. The highest BCUT2D eigenvalue weighted by Gasteiger charge is 1.94. The fourth-order valence-electron chi connectivity index (χ4n) is 0.972. The molecule has 0 radical (unpaired) electrons. The lowest BCUT2D eigenvalue weighted by atomic mass is 10.3. The average Bonchev–Trinajstić information content (AvgIpc) is 2.35. The first-order valence-electron chi connectivity index (χ1n) is 4.04. The second-order valence-corrected chi connectivity index (χ2v) is 3.05. The van der Waals surface area contributed by atoms with Gasteiger partial charge < -0.3 is 10.3 Å². The van der Waals surface area contributed by atoms with Gasteiger partial charge in [0, 0.05) is 25.0 Å². The van der Waals surface area contributed by atoms with Gasteiger partial charge in [0.15, 0.2) is 0 Å². The van der Waals surface area contributed by atoms with Crippen LogP contribution in [-0.2, 0) is 6.54 Å². The van der Waals surface area contributed by atoms with Crippen LogP contribution in [0, 0.1) is 6.92 Å². The summed E-state index contributed by atoms with van der Waals surface area (Å²) in [5.41, 5.74) is 2.26. The summed E-state index contributed by atoms with van der Waals surface area (Å²) in [6, 6.07) is 0. The Hall–Kier alpha value is -1.09. The molecule has 2 N–H and O–H groups in total. The maximum Gasteiger partial charge on any atom is 0.103 e. The van der Waals surface area contributed by atoms with Gasteiger partial charge in [0.25, 0.3) is 0 Å². The van der Waals surface area contributed by atoms with Gasteiger partial charge in [-0.3, -0.25) is 0 Å². The van der Waals surface area contributed by atoms with Gasteiger partial charge in [0.05, 0.1) is 0 Å². The molecule has 0 fully saturated rings. The number of hydrogen-bond acceptors (Lipinski definition) is 2.